The van der Waals surface area contributed by atoms with Crippen LogP contribution in [0.4, 0.5) is 0 Å². The van der Waals surface area contributed by atoms with Crippen LogP contribution < -0.4 is 5.73 Å². The maximum Gasteiger partial charge on any atom is 0.218 e. The first kappa shape index (κ1) is 15.3. The van der Waals surface area contributed by atoms with Crippen LogP contribution >= 0.6 is 11.6 Å². The zero-order chi connectivity index (χ0) is 14.5. The van der Waals surface area contributed by atoms with Crippen molar-refractivity contribution >= 4 is 17.5 Å². The van der Waals surface area contributed by atoms with Crippen molar-refractivity contribution in [3.05, 3.63) is 34.9 Å². The van der Waals surface area contributed by atoms with Crippen molar-refractivity contribution in [3.63, 3.8) is 0 Å². The number of carbonyl (C=O) groups excluding carboxylic acids is 1. The van der Waals surface area contributed by atoms with Gasteiger partial charge >= 0.3 is 0 Å². The average molecular weight is 297 g/mol. The van der Waals surface area contributed by atoms with E-state index < -0.39 is 6.10 Å². The van der Waals surface area contributed by atoms with Crippen LogP contribution in [-0.2, 0) is 4.79 Å². The molecule has 2 unspecified atom stereocenters. The lowest BCUT2D eigenvalue weighted by Gasteiger charge is -2.36. The third-order valence-corrected chi connectivity index (χ3v) is 4.20. The first-order valence-corrected chi connectivity index (χ1v) is 7.40. The Morgan fingerprint density at radius 3 is 2.90 bits per heavy atom. The summed E-state index contributed by atoms with van der Waals surface area (Å²) in [6, 6.07) is 7.45. The van der Waals surface area contributed by atoms with Gasteiger partial charge in [-0.05, 0) is 25.5 Å². The quantitative estimate of drug-likeness (QED) is 0.874. The number of hydrogen-bond donors (Lipinski definition) is 2. The number of β-amino-alcohol motifs (C(OH)–C–C–N with tert-alkyl or cyclic N) is 1. The molecule has 0 saturated carbocycles. The highest BCUT2D eigenvalue weighted by Crippen LogP contribution is 2.26. The normalized spacial score (nSPS) is 21.6. The number of benzene rings is 1. The van der Waals surface area contributed by atoms with E-state index in [0.717, 1.165) is 31.4 Å². The van der Waals surface area contributed by atoms with Gasteiger partial charge in [0.1, 0.15) is 0 Å². The number of nitrogens with zero attached hydrogens (tertiary/aromatic N) is 1. The first-order chi connectivity index (χ1) is 9.58. The van der Waals surface area contributed by atoms with E-state index in [-0.39, 0.29) is 11.9 Å². The third-order valence-electron chi connectivity index (χ3n) is 3.86. The summed E-state index contributed by atoms with van der Waals surface area (Å²) in [5.41, 5.74) is 6.04. The zero-order valence-electron chi connectivity index (χ0n) is 11.5. The lowest BCUT2D eigenvalue weighted by molar-refractivity contribution is -0.119. The van der Waals surface area contributed by atoms with Crippen LogP contribution in [0, 0.1) is 0 Å². The molecule has 1 amide bonds. The van der Waals surface area contributed by atoms with E-state index in [1.165, 1.54) is 0 Å². The first-order valence-electron chi connectivity index (χ1n) is 7.02. The highest BCUT2D eigenvalue weighted by molar-refractivity contribution is 6.31. The van der Waals surface area contributed by atoms with Gasteiger partial charge in [-0.2, -0.15) is 0 Å². The topological polar surface area (TPSA) is 66.6 Å². The van der Waals surface area contributed by atoms with Crippen molar-refractivity contribution in [2.24, 2.45) is 5.73 Å². The van der Waals surface area contributed by atoms with Gasteiger partial charge in [-0.1, -0.05) is 36.2 Å². The minimum Gasteiger partial charge on any atom is -0.387 e. The van der Waals surface area contributed by atoms with E-state index in [1.807, 2.05) is 18.2 Å². The molecule has 2 atom stereocenters. The van der Waals surface area contributed by atoms with Gasteiger partial charge in [-0.15, -0.1) is 0 Å². The standard InChI is InChI=1S/C15H21ClN2O2/c16-13-7-2-1-6-12(13)14(19)10-18-8-4-3-5-11(18)9-15(17)20/h1-2,6-7,11,14,19H,3-5,8-10H2,(H2,17,20). The molecule has 20 heavy (non-hydrogen) atoms. The number of carbonyl (C=O) groups is 1. The molecule has 2 rings (SSSR count). The van der Waals surface area contributed by atoms with Crippen LogP contribution in [0.15, 0.2) is 24.3 Å². The summed E-state index contributed by atoms with van der Waals surface area (Å²) in [7, 11) is 0. The van der Waals surface area contributed by atoms with Gasteiger partial charge in [-0.3, -0.25) is 9.69 Å². The number of rotatable bonds is 5. The maximum absolute atomic E-state index is 11.1. The molecule has 0 aromatic heterocycles. The number of nitrogens with two attached hydrogens (primary N) is 1. The second-order valence-electron chi connectivity index (χ2n) is 5.35. The fourth-order valence-corrected chi connectivity index (χ4v) is 3.09. The van der Waals surface area contributed by atoms with Crippen LogP contribution in [-0.4, -0.2) is 35.0 Å². The van der Waals surface area contributed by atoms with E-state index in [4.69, 9.17) is 17.3 Å². The number of primary amides is 1. The number of aliphatic hydroxyl groups excluding tert-OH is 1. The fraction of sp³-hybridized carbons (Fsp3) is 0.533. The molecule has 5 heteroatoms. The molecule has 0 bridgehead atoms. The highest BCUT2D eigenvalue weighted by Gasteiger charge is 2.26. The zero-order valence-corrected chi connectivity index (χ0v) is 12.2. The second kappa shape index (κ2) is 7.07. The minimum atomic E-state index is -0.642. The lowest BCUT2D eigenvalue weighted by atomic mass is 9.97. The Labute approximate surface area is 124 Å². The molecule has 4 nitrogen and oxygen atoms in total. The molecule has 1 aliphatic rings. The van der Waals surface area contributed by atoms with Gasteiger partial charge in [0.25, 0.3) is 0 Å². The van der Waals surface area contributed by atoms with Crippen LogP contribution in [0.2, 0.25) is 5.02 Å². The molecule has 1 aliphatic heterocycles. The molecule has 1 aromatic carbocycles. The third kappa shape index (κ3) is 3.95. The Hall–Kier alpha value is -1.10. The van der Waals surface area contributed by atoms with Crippen molar-refractivity contribution in [2.45, 2.75) is 37.8 Å². The highest BCUT2D eigenvalue weighted by atomic mass is 35.5. The summed E-state index contributed by atoms with van der Waals surface area (Å²) in [6.07, 6.45) is 2.87. The van der Waals surface area contributed by atoms with E-state index in [2.05, 4.69) is 4.90 Å². The van der Waals surface area contributed by atoms with E-state index >= 15 is 0 Å². The summed E-state index contributed by atoms with van der Waals surface area (Å²) < 4.78 is 0. The number of piperidine rings is 1. The van der Waals surface area contributed by atoms with Crippen molar-refractivity contribution in [3.8, 4) is 0 Å². The molecule has 1 heterocycles. The second-order valence-corrected chi connectivity index (χ2v) is 5.76. The number of amides is 1. The monoisotopic (exact) mass is 296 g/mol. The molecule has 0 spiro atoms. The molecule has 1 aromatic rings. The van der Waals surface area contributed by atoms with E-state index in [0.29, 0.717) is 18.0 Å². The van der Waals surface area contributed by atoms with Gasteiger partial charge in [0, 0.05) is 29.6 Å². The molecule has 110 valence electrons. The molecule has 0 aliphatic carbocycles. The predicted molar refractivity (Wildman–Crippen MR) is 79.4 cm³/mol. The number of likely N-dealkylation sites (tertiary alicyclic amines) is 1. The molecule has 0 radical (unpaired) electrons. The van der Waals surface area contributed by atoms with E-state index in [9.17, 15) is 9.90 Å². The summed E-state index contributed by atoms with van der Waals surface area (Å²) in [4.78, 5) is 13.3. The predicted octanol–water partition coefficient (Wildman–Crippen LogP) is 2.10. The number of hydrogen-bond acceptors (Lipinski definition) is 3. The van der Waals surface area contributed by atoms with Gasteiger partial charge in [0.15, 0.2) is 0 Å². The van der Waals surface area contributed by atoms with Crippen LogP contribution in [0.5, 0.6) is 0 Å². The van der Waals surface area contributed by atoms with Gasteiger partial charge in [0.2, 0.25) is 5.91 Å². The van der Waals surface area contributed by atoms with Gasteiger partial charge in [0.05, 0.1) is 6.10 Å². The Balaban J connectivity index is 2.03. The van der Waals surface area contributed by atoms with Crippen LogP contribution in [0.25, 0.3) is 0 Å². The summed E-state index contributed by atoms with van der Waals surface area (Å²) in [5.74, 6) is -0.283. The molecular weight excluding hydrogens is 276 g/mol. The largest absolute Gasteiger partial charge is 0.387 e. The van der Waals surface area contributed by atoms with E-state index in [1.54, 1.807) is 6.07 Å². The Bertz CT molecular complexity index is 467. The number of halogens is 1. The fourth-order valence-electron chi connectivity index (χ4n) is 2.83. The summed E-state index contributed by atoms with van der Waals surface area (Å²) in [5, 5.41) is 10.9. The van der Waals surface area contributed by atoms with Gasteiger partial charge in [-0.25, -0.2) is 0 Å². The van der Waals surface area contributed by atoms with Crippen LogP contribution in [0.1, 0.15) is 37.4 Å². The van der Waals surface area contributed by atoms with Crippen molar-refractivity contribution in [1.82, 2.24) is 4.90 Å². The molecule has 1 fully saturated rings. The SMILES string of the molecule is NC(=O)CC1CCCCN1CC(O)c1ccccc1Cl. The molecular formula is C15H21ClN2O2. The van der Waals surface area contributed by atoms with Crippen molar-refractivity contribution in [2.75, 3.05) is 13.1 Å². The Morgan fingerprint density at radius 2 is 2.20 bits per heavy atom. The minimum absolute atomic E-state index is 0.137. The van der Waals surface area contributed by atoms with Crippen LogP contribution in [0.3, 0.4) is 0 Å². The molecule has 1 saturated heterocycles. The number of aliphatic hydroxyl groups is 1. The van der Waals surface area contributed by atoms with Gasteiger partial charge < -0.3 is 10.8 Å². The molecule has 3 N–H and O–H groups in total. The van der Waals surface area contributed by atoms with Crippen molar-refractivity contribution in [1.29, 1.82) is 0 Å². The van der Waals surface area contributed by atoms with Crippen molar-refractivity contribution < 1.29 is 9.90 Å². The summed E-state index contributed by atoms with van der Waals surface area (Å²) >= 11 is 6.10. The average Bonchev–Trinajstić information content (AvgIpc) is 2.41. The smallest absolute Gasteiger partial charge is 0.218 e. The Kier molecular flexibility index (Phi) is 5.40. The summed E-state index contributed by atoms with van der Waals surface area (Å²) in [6.45, 7) is 1.38. The maximum atomic E-state index is 11.1. The Morgan fingerprint density at radius 1 is 1.45 bits per heavy atom. The lowest BCUT2D eigenvalue weighted by Crippen LogP contribution is -2.43.